The predicted molar refractivity (Wildman–Crippen MR) is 128 cm³/mol. The lowest BCUT2D eigenvalue weighted by molar-refractivity contribution is -0.139. The van der Waals surface area contributed by atoms with Gasteiger partial charge >= 0.3 is 5.97 Å². The van der Waals surface area contributed by atoms with Crippen LogP contribution < -0.4 is 10.1 Å². The zero-order valence-corrected chi connectivity index (χ0v) is 20.2. The average Bonchev–Trinajstić information content (AvgIpc) is 2.79. The minimum Gasteiger partial charge on any atom is -0.482 e. The van der Waals surface area contributed by atoms with E-state index in [1.165, 1.54) is 12.1 Å². The molecule has 2 aromatic rings. The number of amides is 1. The van der Waals surface area contributed by atoms with Crippen LogP contribution in [0.25, 0.3) is 0 Å². The summed E-state index contributed by atoms with van der Waals surface area (Å²) in [6.07, 6.45) is 0.0502. The number of rotatable bonds is 10. The molecule has 9 heteroatoms. The van der Waals surface area contributed by atoms with Crippen molar-refractivity contribution in [3.63, 3.8) is 0 Å². The lowest BCUT2D eigenvalue weighted by Gasteiger charge is -2.44. The van der Waals surface area contributed by atoms with E-state index in [1.807, 2.05) is 17.9 Å². The number of ether oxygens (including phenoxy) is 1. The third-order valence-corrected chi connectivity index (χ3v) is 6.22. The van der Waals surface area contributed by atoms with Crippen LogP contribution in [0.3, 0.4) is 0 Å². The van der Waals surface area contributed by atoms with Crippen molar-refractivity contribution in [2.24, 2.45) is 0 Å². The van der Waals surface area contributed by atoms with Gasteiger partial charge in [0, 0.05) is 44.8 Å². The summed E-state index contributed by atoms with van der Waals surface area (Å²) in [5.74, 6) is -0.768. The highest BCUT2D eigenvalue weighted by molar-refractivity contribution is 6.32. The van der Waals surface area contributed by atoms with Gasteiger partial charge in [0.25, 0.3) is 5.91 Å². The van der Waals surface area contributed by atoms with Crippen LogP contribution in [0.15, 0.2) is 42.5 Å². The summed E-state index contributed by atoms with van der Waals surface area (Å²) in [6, 6.07) is 12.0. The third kappa shape index (κ3) is 7.41. The minimum atomic E-state index is -0.850. The van der Waals surface area contributed by atoms with Crippen molar-refractivity contribution in [3.8, 4) is 5.75 Å². The van der Waals surface area contributed by atoms with Gasteiger partial charge in [0.2, 0.25) is 0 Å². The summed E-state index contributed by atoms with van der Waals surface area (Å²) in [7, 11) is 0. The van der Waals surface area contributed by atoms with Crippen molar-refractivity contribution in [3.05, 3.63) is 64.4 Å². The Labute approximate surface area is 204 Å². The first-order chi connectivity index (χ1) is 16.2. The smallest absolute Gasteiger partial charge is 0.304 e. The topological polar surface area (TPSA) is 82.1 Å². The number of hydrogen-bond acceptors (Lipinski definition) is 5. The largest absolute Gasteiger partial charge is 0.482 e. The molecule has 0 aliphatic carbocycles. The van der Waals surface area contributed by atoms with Crippen LogP contribution in [-0.2, 0) is 22.7 Å². The summed E-state index contributed by atoms with van der Waals surface area (Å²) in [5.41, 5.74) is 1.94. The molecule has 1 aliphatic heterocycles. The van der Waals surface area contributed by atoms with E-state index in [0.29, 0.717) is 43.5 Å². The molecule has 34 heavy (non-hydrogen) atoms. The molecule has 2 N–H and O–H groups in total. The molecule has 1 heterocycles. The summed E-state index contributed by atoms with van der Waals surface area (Å²) >= 11 is 6.32. The second-order valence-electron chi connectivity index (χ2n) is 8.67. The molecule has 0 bridgehead atoms. The lowest BCUT2D eigenvalue weighted by Crippen LogP contribution is -2.58. The van der Waals surface area contributed by atoms with Crippen molar-refractivity contribution >= 4 is 23.5 Å². The van der Waals surface area contributed by atoms with E-state index in [2.05, 4.69) is 17.1 Å². The zero-order chi connectivity index (χ0) is 24.7. The van der Waals surface area contributed by atoms with E-state index in [4.69, 9.17) is 21.4 Å². The van der Waals surface area contributed by atoms with Crippen molar-refractivity contribution in [1.29, 1.82) is 0 Å². The molecule has 2 aromatic carbocycles. The number of carboxylic acid groups (broad SMARTS) is 1. The van der Waals surface area contributed by atoms with E-state index in [1.54, 1.807) is 24.3 Å². The Morgan fingerprint density at radius 1 is 1.12 bits per heavy atom. The fourth-order valence-electron chi connectivity index (χ4n) is 4.01. The molecule has 1 aliphatic rings. The number of aliphatic carboxylic acids is 1. The van der Waals surface area contributed by atoms with Crippen molar-refractivity contribution in [1.82, 2.24) is 15.1 Å². The van der Waals surface area contributed by atoms with E-state index >= 15 is 0 Å². The van der Waals surface area contributed by atoms with Gasteiger partial charge in [0.05, 0.1) is 11.4 Å². The van der Waals surface area contributed by atoms with Gasteiger partial charge < -0.3 is 20.1 Å². The second-order valence-corrected chi connectivity index (χ2v) is 9.08. The standard InChI is InChI=1S/C25H31ClFN3O4/c1-17-14-30(18(2)13-29(17)15-19-3-6-21(27)7-4-19)24(31)16-34-23-8-5-20(11-22(23)26)12-28-10-9-25(32)33/h3-8,11,17-18,28H,9-10,12-16H2,1-2H3,(H,32,33). The molecule has 2 unspecified atom stereocenters. The Kier molecular flexibility index (Phi) is 9.27. The first kappa shape index (κ1) is 25.9. The van der Waals surface area contributed by atoms with Gasteiger partial charge in [0.15, 0.2) is 6.61 Å². The molecule has 0 aromatic heterocycles. The molecule has 1 amide bonds. The van der Waals surface area contributed by atoms with Crippen LogP contribution in [0.1, 0.15) is 31.4 Å². The number of carbonyl (C=O) groups is 2. The maximum atomic E-state index is 13.2. The van der Waals surface area contributed by atoms with Gasteiger partial charge in [-0.05, 0) is 49.2 Å². The number of carboxylic acids is 1. The highest BCUT2D eigenvalue weighted by Crippen LogP contribution is 2.26. The molecule has 2 atom stereocenters. The van der Waals surface area contributed by atoms with Gasteiger partial charge in [-0.1, -0.05) is 29.8 Å². The molecule has 7 nitrogen and oxygen atoms in total. The van der Waals surface area contributed by atoms with Crippen LogP contribution in [-0.4, -0.2) is 65.1 Å². The fourth-order valence-corrected chi connectivity index (χ4v) is 4.27. The van der Waals surface area contributed by atoms with Crippen LogP contribution in [0.4, 0.5) is 4.39 Å². The number of piperazine rings is 1. The third-order valence-electron chi connectivity index (χ3n) is 5.93. The molecular formula is C25H31ClFN3O4. The van der Waals surface area contributed by atoms with Crippen LogP contribution >= 0.6 is 11.6 Å². The maximum Gasteiger partial charge on any atom is 0.304 e. The Balaban J connectivity index is 1.49. The quantitative estimate of drug-likeness (QED) is 0.495. The summed E-state index contributed by atoms with van der Waals surface area (Å²) < 4.78 is 18.9. The van der Waals surface area contributed by atoms with Gasteiger partial charge in [-0.3, -0.25) is 14.5 Å². The van der Waals surface area contributed by atoms with Crippen LogP contribution in [0.5, 0.6) is 5.75 Å². The number of benzene rings is 2. The minimum absolute atomic E-state index is 0.0162. The highest BCUT2D eigenvalue weighted by Gasteiger charge is 2.32. The molecule has 3 rings (SSSR count). The molecule has 1 saturated heterocycles. The molecular weight excluding hydrogens is 461 g/mol. The maximum absolute atomic E-state index is 13.2. The predicted octanol–water partition coefficient (Wildman–Crippen LogP) is 3.54. The van der Waals surface area contributed by atoms with Crippen molar-refractivity contribution in [2.45, 2.75) is 45.4 Å². The Bertz CT molecular complexity index is 989. The SMILES string of the molecule is CC1CN(C(=O)COc2ccc(CNCCC(=O)O)cc2Cl)C(C)CN1Cc1ccc(F)cc1. The monoisotopic (exact) mass is 491 g/mol. The average molecular weight is 492 g/mol. The van der Waals surface area contributed by atoms with Crippen molar-refractivity contribution < 1.29 is 23.8 Å². The first-order valence-electron chi connectivity index (χ1n) is 11.3. The Morgan fingerprint density at radius 3 is 2.50 bits per heavy atom. The first-order valence-corrected chi connectivity index (χ1v) is 11.7. The van der Waals surface area contributed by atoms with Crippen LogP contribution in [0, 0.1) is 5.82 Å². The van der Waals surface area contributed by atoms with E-state index in [0.717, 1.165) is 11.1 Å². The molecule has 184 valence electrons. The molecule has 0 radical (unpaired) electrons. The Morgan fingerprint density at radius 2 is 1.82 bits per heavy atom. The van der Waals surface area contributed by atoms with Gasteiger partial charge in [-0.25, -0.2) is 4.39 Å². The molecule has 1 fully saturated rings. The summed E-state index contributed by atoms with van der Waals surface area (Å²) in [6.45, 7) is 6.85. The number of halogens is 2. The number of carbonyl (C=O) groups excluding carboxylic acids is 1. The zero-order valence-electron chi connectivity index (χ0n) is 19.5. The highest BCUT2D eigenvalue weighted by atomic mass is 35.5. The fraction of sp³-hybridized carbons (Fsp3) is 0.440. The van der Waals surface area contributed by atoms with Gasteiger partial charge in [0.1, 0.15) is 11.6 Å². The van der Waals surface area contributed by atoms with Gasteiger partial charge in [-0.2, -0.15) is 0 Å². The lowest BCUT2D eigenvalue weighted by atomic mass is 10.1. The summed E-state index contributed by atoms with van der Waals surface area (Å²) in [4.78, 5) is 27.6. The normalized spacial score (nSPS) is 18.6. The summed E-state index contributed by atoms with van der Waals surface area (Å²) in [5, 5.41) is 12.1. The van der Waals surface area contributed by atoms with E-state index in [9.17, 15) is 14.0 Å². The molecule has 0 spiro atoms. The van der Waals surface area contributed by atoms with E-state index < -0.39 is 5.97 Å². The Hall–Kier alpha value is -2.68. The van der Waals surface area contributed by atoms with Gasteiger partial charge in [-0.15, -0.1) is 0 Å². The number of hydrogen-bond donors (Lipinski definition) is 2. The van der Waals surface area contributed by atoms with Crippen molar-refractivity contribution in [2.75, 3.05) is 26.2 Å². The van der Waals surface area contributed by atoms with E-state index in [-0.39, 0.29) is 36.8 Å². The number of nitrogens with zero attached hydrogens (tertiary/aromatic N) is 2. The molecule has 0 saturated carbocycles. The second kappa shape index (κ2) is 12.1. The number of nitrogens with one attached hydrogen (secondary N) is 1. The van der Waals surface area contributed by atoms with Crippen LogP contribution in [0.2, 0.25) is 5.02 Å².